The van der Waals surface area contributed by atoms with E-state index in [9.17, 15) is 9.90 Å². The highest BCUT2D eigenvalue weighted by molar-refractivity contribution is 7.13. The number of hydrogen-bond acceptors (Lipinski definition) is 6. The van der Waals surface area contributed by atoms with Gasteiger partial charge in [0.1, 0.15) is 0 Å². The monoisotopic (exact) mass is 369 g/mol. The van der Waals surface area contributed by atoms with Crippen LogP contribution >= 0.6 is 11.3 Å². The van der Waals surface area contributed by atoms with Crippen LogP contribution in [0.3, 0.4) is 0 Å². The minimum atomic E-state index is -0.876. The van der Waals surface area contributed by atoms with E-state index in [4.69, 9.17) is 4.42 Å². The normalized spacial score (nSPS) is 23.0. The zero-order valence-corrected chi connectivity index (χ0v) is 14.9. The van der Waals surface area contributed by atoms with Gasteiger partial charge in [-0.2, -0.15) is 0 Å². The van der Waals surface area contributed by atoms with Crippen LogP contribution in [0.4, 0.5) is 5.13 Å². The summed E-state index contributed by atoms with van der Waals surface area (Å²) in [5, 5.41) is 16.9. The van der Waals surface area contributed by atoms with E-state index in [1.54, 1.807) is 29.7 Å². The standard InChI is InChI=1S/C19H19N3O3S/c23-16-13-22(18-20-9-12-26-18)10-8-19(16,14-5-2-1-3-6-14)21-17(24)15-7-4-11-25-15/h1-7,9,11-12,16,23H,8,10,13H2,(H,21,24)/t16-,19-/m1/s1. The van der Waals surface area contributed by atoms with Crippen LogP contribution < -0.4 is 10.2 Å². The highest BCUT2D eigenvalue weighted by atomic mass is 32.1. The van der Waals surface area contributed by atoms with Crippen molar-refractivity contribution in [2.45, 2.75) is 18.1 Å². The third-order valence-corrected chi connectivity index (χ3v) is 5.63. The fourth-order valence-corrected chi connectivity index (χ4v) is 4.12. The Balaban J connectivity index is 1.65. The van der Waals surface area contributed by atoms with Crippen LogP contribution in [0, 0.1) is 0 Å². The van der Waals surface area contributed by atoms with Crippen molar-refractivity contribution in [3.63, 3.8) is 0 Å². The molecule has 2 aromatic heterocycles. The number of anilines is 1. The summed E-state index contributed by atoms with van der Waals surface area (Å²) in [5.41, 5.74) is 0.00464. The minimum absolute atomic E-state index is 0.231. The average molecular weight is 369 g/mol. The molecule has 1 aliphatic rings. The second-order valence-electron chi connectivity index (χ2n) is 6.30. The summed E-state index contributed by atoms with van der Waals surface area (Å²) in [6, 6.07) is 12.9. The number of aromatic nitrogens is 1. The number of benzene rings is 1. The van der Waals surface area contributed by atoms with Crippen LogP contribution in [0.1, 0.15) is 22.5 Å². The van der Waals surface area contributed by atoms with Crippen molar-refractivity contribution < 1.29 is 14.3 Å². The number of nitrogens with zero attached hydrogens (tertiary/aromatic N) is 2. The van der Waals surface area contributed by atoms with E-state index in [-0.39, 0.29) is 11.7 Å². The molecule has 7 heteroatoms. The quantitative estimate of drug-likeness (QED) is 0.739. The van der Waals surface area contributed by atoms with Gasteiger partial charge in [0, 0.05) is 24.7 Å². The summed E-state index contributed by atoms with van der Waals surface area (Å²) in [4.78, 5) is 19.0. The molecule has 0 unspecified atom stereocenters. The number of hydrogen-bond donors (Lipinski definition) is 2. The molecule has 2 atom stereocenters. The van der Waals surface area contributed by atoms with Gasteiger partial charge in [0.05, 0.1) is 17.9 Å². The molecule has 2 N–H and O–H groups in total. The number of β-amino-alcohol motifs (C(OH)–C–C–N with tert-alkyl or cyclic N) is 1. The zero-order chi connectivity index (χ0) is 18.0. The first-order chi connectivity index (χ1) is 12.7. The van der Waals surface area contributed by atoms with Crippen molar-refractivity contribution in [1.29, 1.82) is 0 Å². The fraction of sp³-hybridized carbons (Fsp3) is 0.263. The number of thiazole rings is 1. The van der Waals surface area contributed by atoms with Gasteiger partial charge in [0.15, 0.2) is 10.9 Å². The molecule has 0 spiro atoms. The first-order valence-corrected chi connectivity index (χ1v) is 9.31. The SMILES string of the molecule is O=C(N[C@@]1(c2ccccc2)CCN(c2nccs2)C[C@H]1O)c1ccco1. The topological polar surface area (TPSA) is 78.6 Å². The van der Waals surface area contributed by atoms with Gasteiger partial charge in [-0.1, -0.05) is 30.3 Å². The predicted octanol–water partition coefficient (Wildman–Crippen LogP) is 2.63. The van der Waals surface area contributed by atoms with Crippen LogP contribution in [0.25, 0.3) is 0 Å². The van der Waals surface area contributed by atoms with Crippen LogP contribution in [0.15, 0.2) is 64.7 Å². The number of rotatable bonds is 4. The molecule has 1 saturated heterocycles. The molecule has 0 saturated carbocycles. The minimum Gasteiger partial charge on any atom is -0.459 e. The molecular formula is C19H19N3O3S. The third-order valence-electron chi connectivity index (χ3n) is 4.80. The maximum Gasteiger partial charge on any atom is 0.287 e. The molecule has 6 nitrogen and oxygen atoms in total. The van der Waals surface area contributed by atoms with Gasteiger partial charge < -0.3 is 19.7 Å². The average Bonchev–Trinajstić information content (AvgIpc) is 3.38. The Morgan fingerprint density at radius 1 is 1.31 bits per heavy atom. The molecule has 4 rings (SSSR count). The van der Waals surface area contributed by atoms with Crippen molar-refractivity contribution >= 4 is 22.4 Å². The van der Waals surface area contributed by atoms with Gasteiger partial charge in [0.2, 0.25) is 0 Å². The van der Waals surface area contributed by atoms with Gasteiger partial charge in [-0.15, -0.1) is 11.3 Å². The maximum absolute atomic E-state index is 12.7. The van der Waals surface area contributed by atoms with Crippen molar-refractivity contribution in [1.82, 2.24) is 10.3 Å². The number of carbonyl (C=O) groups is 1. The van der Waals surface area contributed by atoms with E-state index in [0.29, 0.717) is 19.5 Å². The zero-order valence-electron chi connectivity index (χ0n) is 14.0. The number of aliphatic hydroxyl groups is 1. The molecule has 1 aromatic carbocycles. The predicted molar refractivity (Wildman–Crippen MR) is 99.2 cm³/mol. The third kappa shape index (κ3) is 3.00. The van der Waals surface area contributed by atoms with E-state index >= 15 is 0 Å². The van der Waals surface area contributed by atoms with Crippen LogP contribution in [-0.4, -0.2) is 35.2 Å². The van der Waals surface area contributed by atoms with Crippen molar-refractivity contribution in [3.8, 4) is 0 Å². The first-order valence-electron chi connectivity index (χ1n) is 8.43. The Labute approximate surface area is 155 Å². The molecular weight excluding hydrogens is 350 g/mol. The lowest BCUT2D eigenvalue weighted by molar-refractivity contribution is 0.0355. The van der Waals surface area contributed by atoms with Crippen LogP contribution in [-0.2, 0) is 5.54 Å². The van der Waals surface area contributed by atoms with Gasteiger partial charge in [-0.05, 0) is 24.1 Å². The summed E-state index contributed by atoms with van der Waals surface area (Å²) in [6.07, 6.45) is 2.99. The van der Waals surface area contributed by atoms with E-state index in [1.807, 2.05) is 35.7 Å². The maximum atomic E-state index is 12.7. The highest BCUT2D eigenvalue weighted by Gasteiger charge is 2.45. The number of aliphatic hydroxyl groups excluding tert-OH is 1. The van der Waals surface area contributed by atoms with Gasteiger partial charge in [-0.3, -0.25) is 4.79 Å². The lowest BCUT2D eigenvalue weighted by atomic mass is 9.78. The first kappa shape index (κ1) is 16.8. The molecule has 1 amide bonds. The van der Waals surface area contributed by atoms with E-state index in [2.05, 4.69) is 15.2 Å². The number of carbonyl (C=O) groups excluding carboxylic acids is 1. The Hall–Kier alpha value is -2.64. The van der Waals surface area contributed by atoms with Crippen molar-refractivity contribution in [2.24, 2.45) is 0 Å². The number of amides is 1. The highest BCUT2D eigenvalue weighted by Crippen LogP contribution is 2.35. The second-order valence-corrected chi connectivity index (χ2v) is 7.17. The molecule has 1 fully saturated rings. The Kier molecular flexibility index (Phi) is 4.48. The molecule has 3 heterocycles. The van der Waals surface area contributed by atoms with E-state index in [1.165, 1.54) is 6.26 Å². The molecule has 0 aliphatic carbocycles. The van der Waals surface area contributed by atoms with Gasteiger partial charge in [-0.25, -0.2) is 4.98 Å². The molecule has 134 valence electrons. The summed E-state index contributed by atoms with van der Waals surface area (Å²) in [6.45, 7) is 1.07. The van der Waals surface area contributed by atoms with E-state index in [0.717, 1.165) is 10.7 Å². The second kappa shape index (κ2) is 6.93. The fourth-order valence-electron chi connectivity index (χ4n) is 3.44. The molecule has 1 aliphatic heterocycles. The van der Waals surface area contributed by atoms with Crippen molar-refractivity contribution in [3.05, 3.63) is 71.6 Å². The number of furan rings is 1. The summed E-state index contributed by atoms with van der Waals surface area (Å²) in [7, 11) is 0. The van der Waals surface area contributed by atoms with Crippen LogP contribution in [0.2, 0.25) is 0 Å². The smallest absolute Gasteiger partial charge is 0.287 e. The summed E-state index contributed by atoms with van der Waals surface area (Å²) >= 11 is 1.54. The lowest BCUT2D eigenvalue weighted by Gasteiger charge is -2.46. The Morgan fingerprint density at radius 2 is 2.15 bits per heavy atom. The van der Waals surface area contributed by atoms with E-state index < -0.39 is 11.6 Å². The molecule has 0 bridgehead atoms. The van der Waals surface area contributed by atoms with Crippen LogP contribution in [0.5, 0.6) is 0 Å². The summed E-state index contributed by atoms with van der Waals surface area (Å²) < 4.78 is 5.22. The van der Waals surface area contributed by atoms with Gasteiger partial charge in [0.25, 0.3) is 5.91 Å². The lowest BCUT2D eigenvalue weighted by Crippen LogP contribution is -2.62. The Bertz CT molecular complexity index is 852. The van der Waals surface area contributed by atoms with Gasteiger partial charge >= 0.3 is 0 Å². The molecule has 26 heavy (non-hydrogen) atoms. The number of piperidine rings is 1. The number of nitrogens with one attached hydrogen (secondary N) is 1. The summed E-state index contributed by atoms with van der Waals surface area (Å²) in [5.74, 6) is -0.101. The molecule has 0 radical (unpaired) electrons. The van der Waals surface area contributed by atoms with Crippen molar-refractivity contribution in [2.75, 3.05) is 18.0 Å². The largest absolute Gasteiger partial charge is 0.459 e. The molecule has 3 aromatic rings. The Morgan fingerprint density at radius 3 is 2.81 bits per heavy atom.